The van der Waals surface area contributed by atoms with E-state index < -0.39 is 0 Å². The summed E-state index contributed by atoms with van der Waals surface area (Å²) >= 11 is 3.23. The molecule has 0 fully saturated rings. The first kappa shape index (κ1) is 9.48. The lowest BCUT2D eigenvalue weighted by molar-refractivity contribution is 0.534. The van der Waals surface area contributed by atoms with Crippen molar-refractivity contribution in [2.24, 2.45) is 5.73 Å². The predicted molar refractivity (Wildman–Crippen MR) is 55.6 cm³/mol. The van der Waals surface area contributed by atoms with Crippen molar-refractivity contribution in [2.45, 2.75) is 12.5 Å². The molecule has 0 radical (unpaired) electrons. The fourth-order valence-electron chi connectivity index (χ4n) is 1.25. The van der Waals surface area contributed by atoms with Crippen molar-refractivity contribution in [3.05, 3.63) is 40.8 Å². The van der Waals surface area contributed by atoms with Crippen LogP contribution >= 0.6 is 15.9 Å². The van der Waals surface area contributed by atoms with Crippen LogP contribution in [0.3, 0.4) is 0 Å². The Kier molecular flexibility index (Phi) is 2.69. The lowest BCUT2D eigenvalue weighted by Gasteiger charge is -2.05. The molecule has 0 amide bonds. The number of furan rings is 1. The molecule has 2 heterocycles. The molecule has 0 spiro atoms. The van der Waals surface area contributed by atoms with Gasteiger partial charge in [-0.15, -0.1) is 0 Å². The molecule has 2 aromatic rings. The molecule has 74 valence electrons. The number of imidazole rings is 1. The summed E-state index contributed by atoms with van der Waals surface area (Å²) in [7, 11) is 0. The Balaban J connectivity index is 2.06. The first-order valence-electron chi connectivity index (χ1n) is 4.23. The van der Waals surface area contributed by atoms with Crippen LogP contribution in [0.4, 0.5) is 0 Å². The van der Waals surface area contributed by atoms with E-state index in [1.807, 2.05) is 6.07 Å². The number of hydrogen-bond acceptors (Lipinski definition) is 3. The summed E-state index contributed by atoms with van der Waals surface area (Å²) in [5, 5.41) is 0. The summed E-state index contributed by atoms with van der Waals surface area (Å²) in [6, 6.07) is 1.78. The molecular weight excluding hydrogens is 246 g/mol. The predicted octanol–water partition coefficient (Wildman–Crippen LogP) is 2.01. The van der Waals surface area contributed by atoms with Crippen LogP contribution in [0.25, 0.3) is 0 Å². The van der Waals surface area contributed by atoms with Gasteiger partial charge in [-0.25, -0.2) is 4.98 Å². The average molecular weight is 256 g/mol. The first-order valence-corrected chi connectivity index (χ1v) is 5.03. The van der Waals surface area contributed by atoms with Crippen LogP contribution in [0.1, 0.15) is 17.4 Å². The number of rotatable bonds is 3. The van der Waals surface area contributed by atoms with Gasteiger partial charge in [-0.2, -0.15) is 0 Å². The fourth-order valence-corrected chi connectivity index (χ4v) is 1.61. The third kappa shape index (κ3) is 2.05. The van der Waals surface area contributed by atoms with Crippen LogP contribution in [0.2, 0.25) is 0 Å². The summed E-state index contributed by atoms with van der Waals surface area (Å²) in [4.78, 5) is 7.12. The zero-order chi connectivity index (χ0) is 9.97. The summed E-state index contributed by atoms with van der Waals surface area (Å²) in [5.74, 6) is 0.884. The van der Waals surface area contributed by atoms with Crippen LogP contribution < -0.4 is 5.73 Å². The molecule has 14 heavy (non-hydrogen) atoms. The molecule has 0 aliphatic heterocycles. The minimum absolute atomic E-state index is 0.0869. The summed E-state index contributed by atoms with van der Waals surface area (Å²) in [5.41, 5.74) is 6.92. The van der Waals surface area contributed by atoms with Gasteiger partial charge in [0.25, 0.3) is 0 Å². The van der Waals surface area contributed by atoms with Gasteiger partial charge in [0.15, 0.2) is 4.67 Å². The molecule has 5 heteroatoms. The molecule has 0 saturated carbocycles. The molecule has 4 nitrogen and oxygen atoms in total. The molecule has 2 rings (SSSR count). The number of aromatic amines is 1. The smallest absolute Gasteiger partial charge is 0.169 e. The Hall–Kier alpha value is -1.07. The van der Waals surface area contributed by atoms with Gasteiger partial charge in [-0.3, -0.25) is 0 Å². The third-order valence-electron chi connectivity index (χ3n) is 1.98. The second kappa shape index (κ2) is 3.98. The van der Waals surface area contributed by atoms with Crippen LogP contribution in [0.5, 0.6) is 0 Å². The maximum Gasteiger partial charge on any atom is 0.169 e. The van der Waals surface area contributed by atoms with Gasteiger partial charge < -0.3 is 15.1 Å². The largest absolute Gasteiger partial charge is 0.457 e. The highest BCUT2D eigenvalue weighted by Gasteiger charge is 2.10. The Bertz CT molecular complexity index is 396. The number of aromatic nitrogens is 2. The van der Waals surface area contributed by atoms with Gasteiger partial charge in [0.1, 0.15) is 5.82 Å². The third-order valence-corrected chi connectivity index (χ3v) is 2.40. The Morgan fingerprint density at radius 2 is 2.50 bits per heavy atom. The lowest BCUT2D eigenvalue weighted by Crippen LogP contribution is -2.13. The molecule has 0 aromatic carbocycles. The SMILES string of the molecule is NC(Cc1ncc[nH]1)c1coc(Br)c1. The van der Waals surface area contributed by atoms with Crippen LogP contribution in [-0.4, -0.2) is 9.97 Å². The van der Waals surface area contributed by atoms with Crippen molar-refractivity contribution in [3.63, 3.8) is 0 Å². The molecule has 0 saturated heterocycles. The van der Waals surface area contributed by atoms with E-state index in [4.69, 9.17) is 10.2 Å². The number of H-pyrrole nitrogens is 1. The molecule has 0 bridgehead atoms. The van der Waals surface area contributed by atoms with Gasteiger partial charge >= 0.3 is 0 Å². The van der Waals surface area contributed by atoms with E-state index in [2.05, 4.69) is 25.9 Å². The zero-order valence-corrected chi connectivity index (χ0v) is 8.99. The topological polar surface area (TPSA) is 67.8 Å². The van der Waals surface area contributed by atoms with E-state index in [0.717, 1.165) is 11.4 Å². The molecule has 0 aliphatic rings. The van der Waals surface area contributed by atoms with Crippen molar-refractivity contribution in [1.29, 1.82) is 0 Å². The van der Waals surface area contributed by atoms with E-state index in [0.29, 0.717) is 11.1 Å². The zero-order valence-electron chi connectivity index (χ0n) is 7.40. The maximum absolute atomic E-state index is 5.96. The molecule has 2 aromatic heterocycles. The molecular formula is C9H10BrN3O. The highest BCUT2D eigenvalue weighted by Crippen LogP contribution is 2.20. The molecule has 1 atom stereocenters. The van der Waals surface area contributed by atoms with Crippen molar-refractivity contribution < 1.29 is 4.42 Å². The van der Waals surface area contributed by atoms with Crippen molar-refractivity contribution >= 4 is 15.9 Å². The minimum Gasteiger partial charge on any atom is -0.457 e. The average Bonchev–Trinajstić information content (AvgIpc) is 2.75. The molecule has 3 N–H and O–H groups in total. The van der Waals surface area contributed by atoms with E-state index in [-0.39, 0.29) is 6.04 Å². The normalized spacial score (nSPS) is 13.0. The highest BCUT2D eigenvalue weighted by atomic mass is 79.9. The maximum atomic E-state index is 5.96. The molecule has 0 aliphatic carbocycles. The standard InChI is InChI=1S/C9H10BrN3O/c10-8-3-6(5-14-8)7(11)4-9-12-1-2-13-9/h1-3,5,7H,4,11H2,(H,12,13). The van der Waals surface area contributed by atoms with Crippen molar-refractivity contribution in [1.82, 2.24) is 9.97 Å². The van der Waals surface area contributed by atoms with Gasteiger partial charge in [-0.05, 0) is 22.0 Å². The van der Waals surface area contributed by atoms with Gasteiger partial charge in [0.2, 0.25) is 0 Å². The Labute approximate surface area is 89.6 Å². The number of nitrogens with two attached hydrogens (primary N) is 1. The van der Waals surface area contributed by atoms with Crippen LogP contribution in [0.15, 0.2) is 33.8 Å². The quantitative estimate of drug-likeness (QED) is 0.882. The number of halogens is 1. The monoisotopic (exact) mass is 255 g/mol. The Morgan fingerprint density at radius 3 is 3.07 bits per heavy atom. The Morgan fingerprint density at radius 1 is 1.64 bits per heavy atom. The molecule has 1 unspecified atom stereocenters. The van der Waals surface area contributed by atoms with Crippen LogP contribution in [-0.2, 0) is 6.42 Å². The van der Waals surface area contributed by atoms with E-state index in [1.54, 1.807) is 18.7 Å². The fraction of sp³-hybridized carbons (Fsp3) is 0.222. The van der Waals surface area contributed by atoms with Crippen LogP contribution in [0, 0.1) is 0 Å². The summed E-state index contributed by atoms with van der Waals surface area (Å²) in [6.07, 6.45) is 5.83. The van der Waals surface area contributed by atoms with Crippen molar-refractivity contribution in [3.8, 4) is 0 Å². The highest BCUT2D eigenvalue weighted by molar-refractivity contribution is 9.10. The van der Waals surface area contributed by atoms with Crippen molar-refractivity contribution in [2.75, 3.05) is 0 Å². The number of nitrogens with one attached hydrogen (secondary N) is 1. The summed E-state index contributed by atoms with van der Waals surface area (Å²) in [6.45, 7) is 0. The van der Waals surface area contributed by atoms with E-state index >= 15 is 0 Å². The summed E-state index contributed by atoms with van der Waals surface area (Å²) < 4.78 is 5.81. The van der Waals surface area contributed by atoms with Gasteiger partial charge in [-0.1, -0.05) is 0 Å². The second-order valence-electron chi connectivity index (χ2n) is 3.03. The van der Waals surface area contributed by atoms with E-state index in [1.165, 1.54) is 0 Å². The van der Waals surface area contributed by atoms with Gasteiger partial charge in [0, 0.05) is 30.4 Å². The number of nitrogens with zero attached hydrogens (tertiary/aromatic N) is 1. The second-order valence-corrected chi connectivity index (χ2v) is 3.81. The lowest BCUT2D eigenvalue weighted by atomic mass is 10.1. The first-order chi connectivity index (χ1) is 6.75. The number of hydrogen-bond donors (Lipinski definition) is 2. The van der Waals surface area contributed by atoms with E-state index in [9.17, 15) is 0 Å². The van der Waals surface area contributed by atoms with Gasteiger partial charge in [0.05, 0.1) is 6.26 Å². The minimum atomic E-state index is -0.0869.